The number of likely N-dealkylation sites (tertiary alicyclic amines) is 1. The van der Waals surface area contributed by atoms with Crippen molar-refractivity contribution in [1.82, 2.24) is 9.88 Å². The Hall–Kier alpha value is -4.68. The molecule has 0 amide bonds. The van der Waals surface area contributed by atoms with Gasteiger partial charge in [0.15, 0.2) is 11.5 Å². The molecule has 2 unspecified atom stereocenters. The Morgan fingerprint density at radius 3 is 2.46 bits per heavy atom. The first-order valence-electron chi connectivity index (χ1n) is 14.9. The second kappa shape index (κ2) is 13.4. The number of nitrogens with two attached hydrogens (primary N) is 1. The van der Waals surface area contributed by atoms with E-state index in [-0.39, 0.29) is 36.3 Å². The van der Waals surface area contributed by atoms with Gasteiger partial charge in [0.25, 0.3) is 0 Å². The number of benzene rings is 3. The van der Waals surface area contributed by atoms with Gasteiger partial charge in [-0.3, -0.25) is 14.9 Å². The monoisotopic (exact) mass is 636 g/mol. The minimum atomic E-state index is -5.44. The summed E-state index contributed by atoms with van der Waals surface area (Å²) in [6, 6.07) is 20.2. The van der Waals surface area contributed by atoms with Gasteiger partial charge in [-0.05, 0) is 74.9 Å². The van der Waals surface area contributed by atoms with Gasteiger partial charge in [0.1, 0.15) is 0 Å². The number of aromatic nitrogens is 1. The van der Waals surface area contributed by atoms with E-state index in [9.17, 15) is 22.8 Å². The van der Waals surface area contributed by atoms with E-state index in [1.165, 1.54) is 12.1 Å². The van der Waals surface area contributed by atoms with Crippen LogP contribution in [0, 0.1) is 0 Å². The number of hydrogen-bond donors (Lipinski definition) is 1. The van der Waals surface area contributed by atoms with Crippen LogP contribution in [0.2, 0.25) is 0 Å². The SMILES string of the molecule is CCOc1cc(C(C(=O)OC(=O)C(F)(F)F)(N(N)c2ccc3cnccc3c2)N2CCCC2c2ccccc2)ccc1OC(C)C. The van der Waals surface area contributed by atoms with Gasteiger partial charge in [-0.2, -0.15) is 13.2 Å². The average molecular weight is 637 g/mol. The number of nitrogens with zero attached hydrogens (tertiary/aromatic N) is 3. The van der Waals surface area contributed by atoms with E-state index in [4.69, 9.17) is 20.1 Å². The fourth-order valence-corrected chi connectivity index (χ4v) is 5.92. The molecular formula is C34H35F3N4O5. The Labute approximate surface area is 264 Å². The number of pyridine rings is 1. The number of rotatable bonds is 10. The van der Waals surface area contributed by atoms with Crippen LogP contribution in [0.15, 0.2) is 85.2 Å². The highest BCUT2D eigenvalue weighted by molar-refractivity contribution is 5.96. The Kier molecular flexibility index (Phi) is 9.50. The second-order valence-corrected chi connectivity index (χ2v) is 11.1. The predicted molar refractivity (Wildman–Crippen MR) is 166 cm³/mol. The van der Waals surface area contributed by atoms with E-state index < -0.39 is 29.8 Å². The maximum absolute atomic E-state index is 14.5. The van der Waals surface area contributed by atoms with Crippen molar-refractivity contribution < 1.29 is 37.0 Å². The number of hydrogen-bond acceptors (Lipinski definition) is 9. The molecule has 2 atom stereocenters. The molecule has 0 spiro atoms. The number of ether oxygens (including phenoxy) is 3. The van der Waals surface area contributed by atoms with Crippen LogP contribution in [0.25, 0.3) is 10.8 Å². The molecule has 1 saturated heterocycles. The number of fused-ring (bicyclic) bond motifs is 1. The summed E-state index contributed by atoms with van der Waals surface area (Å²) in [5.41, 5.74) is -1.09. The largest absolute Gasteiger partial charge is 0.491 e. The molecule has 5 rings (SSSR count). The third kappa shape index (κ3) is 6.35. The van der Waals surface area contributed by atoms with Crippen LogP contribution in [0.1, 0.15) is 50.8 Å². The van der Waals surface area contributed by atoms with Gasteiger partial charge >= 0.3 is 18.1 Å². The lowest BCUT2D eigenvalue weighted by Gasteiger charge is -2.48. The number of anilines is 1. The molecule has 1 aliphatic heterocycles. The van der Waals surface area contributed by atoms with Crippen LogP contribution >= 0.6 is 0 Å². The Morgan fingerprint density at radius 2 is 1.76 bits per heavy atom. The van der Waals surface area contributed by atoms with Gasteiger partial charge in [0.2, 0.25) is 5.66 Å². The van der Waals surface area contributed by atoms with E-state index in [1.807, 2.05) is 44.2 Å². The van der Waals surface area contributed by atoms with Crippen LogP contribution in [0.3, 0.4) is 0 Å². The van der Waals surface area contributed by atoms with Crippen LogP contribution in [0.5, 0.6) is 11.5 Å². The quantitative estimate of drug-likeness (QED) is 0.0913. The van der Waals surface area contributed by atoms with Crippen molar-refractivity contribution in [2.45, 2.75) is 57.6 Å². The first-order valence-corrected chi connectivity index (χ1v) is 14.9. The third-order valence-corrected chi connectivity index (χ3v) is 7.81. The molecule has 2 heterocycles. The molecule has 242 valence electrons. The molecule has 2 N–H and O–H groups in total. The molecule has 1 fully saturated rings. The summed E-state index contributed by atoms with van der Waals surface area (Å²) < 4.78 is 57.4. The summed E-state index contributed by atoms with van der Waals surface area (Å²) in [5, 5.41) is 2.57. The highest BCUT2D eigenvalue weighted by Gasteiger charge is 2.58. The zero-order valence-corrected chi connectivity index (χ0v) is 25.7. The molecule has 1 aliphatic rings. The molecular weight excluding hydrogens is 601 g/mol. The highest BCUT2D eigenvalue weighted by atomic mass is 19.4. The van der Waals surface area contributed by atoms with Crippen molar-refractivity contribution in [3.05, 3.63) is 96.3 Å². The number of carbonyl (C=O) groups excluding carboxylic acids is 2. The van der Waals surface area contributed by atoms with Gasteiger partial charge < -0.3 is 14.2 Å². The Balaban J connectivity index is 1.80. The van der Waals surface area contributed by atoms with Crippen LogP contribution in [-0.4, -0.2) is 47.3 Å². The lowest BCUT2D eigenvalue weighted by atomic mass is 9.92. The van der Waals surface area contributed by atoms with Crippen molar-refractivity contribution >= 4 is 28.4 Å². The Morgan fingerprint density at radius 1 is 1.00 bits per heavy atom. The fraction of sp³-hybridized carbons (Fsp3) is 0.324. The van der Waals surface area contributed by atoms with Gasteiger partial charge in [-0.25, -0.2) is 15.4 Å². The summed E-state index contributed by atoms with van der Waals surface area (Å²) >= 11 is 0. The first kappa shape index (κ1) is 32.7. The van der Waals surface area contributed by atoms with Crippen LogP contribution in [-0.2, 0) is 20.0 Å². The zero-order chi connectivity index (χ0) is 33.1. The van der Waals surface area contributed by atoms with Crippen LogP contribution in [0.4, 0.5) is 18.9 Å². The van der Waals surface area contributed by atoms with Gasteiger partial charge in [0, 0.05) is 35.9 Å². The minimum absolute atomic E-state index is 0.118. The molecule has 0 saturated carbocycles. The molecule has 12 heteroatoms. The predicted octanol–water partition coefficient (Wildman–Crippen LogP) is 6.42. The Bertz CT molecular complexity index is 1700. The van der Waals surface area contributed by atoms with Crippen molar-refractivity contribution in [3.63, 3.8) is 0 Å². The molecule has 0 aliphatic carbocycles. The first-order chi connectivity index (χ1) is 22.0. The summed E-state index contributed by atoms with van der Waals surface area (Å²) in [4.78, 5) is 32.6. The van der Waals surface area contributed by atoms with E-state index in [2.05, 4.69) is 4.98 Å². The number of alkyl halides is 3. The molecule has 0 radical (unpaired) electrons. The fourth-order valence-electron chi connectivity index (χ4n) is 5.92. The average Bonchev–Trinajstić information content (AvgIpc) is 3.52. The summed E-state index contributed by atoms with van der Waals surface area (Å²) in [6.07, 6.45) is -1.31. The molecule has 0 bridgehead atoms. The summed E-state index contributed by atoms with van der Waals surface area (Å²) in [7, 11) is 0. The van der Waals surface area contributed by atoms with Crippen molar-refractivity contribution in [2.75, 3.05) is 18.2 Å². The maximum atomic E-state index is 14.5. The molecule has 4 aromatic rings. The van der Waals surface area contributed by atoms with E-state index >= 15 is 0 Å². The highest BCUT2D eigenvalue weighted by Crippen LogP contribution is 2.47. The van der Waals surface area contributed by atoms with Crippen LogP contribution < -0.4 is 20.3 Å². The van der Waals surface area contributed by atoms with Gasteiger partial charge in [-0.1, -0.05) is 42.5 Å². The third-order valence-electron chi connectivity index (χ3n) is 7.81. The molecule has 9 nitrogen and oxygen atoms in total. The second-order valence-electron chi connectivity index (χ2n) is 11.1. The maximum Gasteiger partial charge on any atom is 0.491 e. The summed E-state index contributed by atoms with van der Waals surface area (Å²) in [5.74, 6) is 3.38. The van der Waals surface area contributed by atoms with Crippen molar-refractivity contribution in [3.8, 4) is 11.5 Å². The molecule has 3 aromatic carbocycles. The summed E-state index contributed by atoms with van der Waals surface area (Å²) in [6.45, 7) is 5.89. The van der Waals surface area contributed by atoms with E-state index in [0.717, 1.165) is 16.0 Å². The molecule has 1 aromatic heterocycles. The molecule has 46 heavy (non-hydrogen) atoms. The van der Waals surface area contributed by atoms with E-state index in [1.54, 1.807) is 54.5 Å². The number of carbonyl (C=O) groups is 2. The van der Waals surface area contributed by atoms with E-state index in [0.29, 0.717) is 24.0 Å². The minimum Gasteiger partial charge on any atom is -0.490 e. The normalized spacial score (nSPS) is 16.7. The van der Waals surface area contributed by atoms with Crippen molar-refractivity contribution in [2.24, 2.45) is 5.84 Å². The lowest BCUT2D eigenvalue weighted by Crippen LogP contribution is -2.66. The van der Waals surface area contributed by atoms with Gasteiger partial charge in [0.05, 0.1) is 18.4 Å². The number of hydrazine groups is 1. The zero-order valence-electron chi connectivity index (χ0n) is 25.7. The van der Waals surface area contributed by atoms with Gasteiger partial charge in [-0.15, -0.1) is 0 Å². The number of halogens is 3. The van der Waals surface area contributed by atoms with Crippen molar-refractivity contribution in [1.29, 1.82) is 0 Å². The smallest absolute Gasteiger partial charge is 0.490 e. The standard InChI is InChI=1S/C34H35F3N4O5/c1-4-44-30-20-26(13-15-29(30)45-22(2)3)33(31(42)46-32(43)34(35,36)37,40-18-8-11-28(40)23-9-6-5-7-10-23)41(38)27-14-12-25-21-39-17-16-24(25)19-27/h5-7,9-10,12-17,19-22,28H,4,8,11,18,38H2,1-3H3. The number of esters is 2. The lowest BCUT2D eigenvalue weighted by molar-refractivity contribution is -0.206. The topological polar surface area (TPSA) is 107 Å².